The highest BCUT2D eigenvalue weighted by Gasteiger charge is 2.23. The maximum atomic E-state index is 11.0. The fraction of sp³-hybridized carbons (Fsp3) is 0.308. The van der Waals surface area contributed by atoms with Crippen LogP contribution in [-0.4, -0.2) is 27.6 Å². The molecule has 1 aromatic carbocycles. The molecule has 0 saturated heterocycles. The number of nitrogens with zero attached hydrogens (tertiary/aromatic N) is 1. The van der Waals surface area contributed by atoms with Gasteiger partial charge in [-0.15, -0.1) is 0 Å². The number of aromatic amines is 1. The van der Waals surface area contributed by atoms with E-state index < -0.39 is 6.09 Å². The van der Waals surface area contributed by atoms with Crippen LogP contribution in [0.3, 0.4) is 0 Å². The van der Waals surface area contributed by atoms with E-state index >= 15 is 0 Å². The number of hydrogen-bond acceptors (Lipinski definition) is 1. The molecule has 0 unspecified atom stereocenters. The van der Waals surface area contributed by atoms with Crippen LogP contribution in [0.25, 0.3) is 10.9 Å². The number of amides is 1. The summed E-state index contributed by atoms with van der Waals surface area (Å²) in [6, 6.07) is 6.22. The zero-order valence-corrected chi connectivity index (χ0v) is 9.66. The molecular weight excluding hydrogens is 216 g/mol. The number of benzene rings is 1. The Labute approximate surface area is 98.9 Å². The quantitative estimate of drug-likeness (QED) is 0.730. The summed E-state index contributed by atoms with van der Waals surface area (Å²) in [4.78, 5) is 15.8. The molecule has 2 heterocycles. The number of fused-ring (bicyclic) bond motifs is 3. The molecule has 0 fully saturated rings. The number of aromatic nitrogens is 1. The van der Waals surface area contributed by atoms with Crippen molar-refractivity contribution in [3.8, 4) is 0 Å². The van der Waals surface area contributed by atoms with Gasteiger partial charge in [-0.25, -0.2) is 4.79 Å². The standard InChI is InChI=1S/C13H14N2O2/c1-8-3-2-4-10-9-5-6-15(13(16)17)7-11(9)14-12(8)10/h2-4,14H,5-7H2,1H3,(H,16,17). The summed E-state index contributed by atoms with van der Waals surface area (Å²) >= 11 is 0. The molecule has 0 atom stereocenters. The van der Waals surface area contributed by atoms with Crippen LogP contribution in [0, 0.1) is 6.92 Å². The maximum absolute atomic E-state index is 11.0. The first-order valence-electron chi connectivity index (χ1n) is 5.73. The van der Waals surface area contributed by atoms with Gasteiger partial charge in [0.15, 0.2) is 0 Å². The van der Waals surface area contributed by atoms with Crippen LogP contribution in [0.5, 0.6) is 0 Å². The molecule has 17 heavy (non-hydrogen) atoms. The lowest BCUT2D eigenvalue weighted by Crippen LogP contribution is -2.34. The zero-order valence-electron chi connectivity index (χ0n) is 9.66. The van der Waals surface area contributed by atoms with Crippen molar-refractivity contribution in [3.05, 3.63) is 35.0 Å². The second-order valence-corrected chi connectivity index (χ2v) is 4.53. The van der Waals surface area contributed by atoms with Gasteiger partial charge in [-0.05, 0) is 24.5 Å². The summed E-state index contributed by atoms with van der Waals surface area (Å²) in [5, 5.41) is 10.2. The average molecular weight is 230 g/mol. The average Bonchev–Trinajstić information content (AvgIpc) is 2.68. The summed E-state index contributed by atoms with van der Waals surface area (Å²) in [5.74, 6) is 0. The zero-order chi connectivity index (χ0) is 12.0. The SMILES string of the molecule is Cc1cccc2c3c([nH]c12)CN(C(=O)O)CC3. The molecule has 0 saturated carbocycles. The first-order valence-corrected chi connectivity index (χ1v) is 5.73. The maximum Gasteiger partial charge on any atom is 0.407 e. The van der Waals surface area contributed by atoms with Crippen molar-refractivity contribution in [1.82, 2.24) is 9.88 Å². The summed E-state index contributed by atoms with van der Waals surface area (Å²) in [7, 11) is 0. The second-order valence-electron chi connectivity index (χ2n) is 4.53. The Hall–Kier alpha value is -1.97. The van der Waals surface area contributed by atoms with Gasteiger partial charge in [0, 0.05) is 23.1 Å². The van der Waals surface area contributed by atoms with Gasteiger partial charge < -0.3 is 15.0 Å². The number of hydrogen-bond donors (Lipinski definition) is 2. The van der Waals surface area contributed by atoms with Crippen LogP contribution >= 0.6 is 0 Å². The van der Waals surface area contributed by atoms with Crippen molar-refractivity contribution >= 4 is 17.0 Å². The lowest BCUT2D eigenvalue weighted by atomic mass is 10.0. The number of rotatable bonds is 0. The van der Waals surface area contributed by atoms with Gasteiger partial charge in [0.2, 0.25) is 0 Å². The number of para-hydroxylation sites is 1. The van der Waals surface area contributed by atoms with Crippen molar-refractivity contribution in [2.45, 2.75) is 19.9 Å². The molecule has 0 spiro atoms. The van der Waals surface area contributed by atoms with E-state index in [2.05, 4.69) is 30.1 Å². The normalized spacial score (nSPS) is 15.0. The minimum atomic E-state index is -0.842. The van der Waals surface area contributed by atoms with E-state index in [0.717, 1.165) is 17.6 Å². The number of nitrogens with one attached hydrogen (secondary N) is 1. The number of aryl methyl sites for hydroxylation is 1. The predicted molar refractivity (Wildman–Crippen MR) is 65.2 cm³/mol. The third kappa shape index (κ3) is 1.48. The van der Waals surface area contributed by atoms with Gasteiger partial charge in [0.1, 0.15) is 0 Å². The monoisotopic (exact) mass is 230 g/mol. The minimum absolute atomic E-state index is 0.471. The smallest absolute Gasteiger partial charge is 0.407 e. The lowest BCUT2D eigenvalue weighted by Gasteiger charge is -2.24. The summed E-state index contributed by atoms with van der Waals surface area (Å²) < 4.78 is 0. The van der Waals surface area contributed by atoms with Gasteiger partial charge in [-0.3, -0.25) is 0 Å². The summed E-state index contributed by atoms with van der Waals surface area (Å²) in [6.07, 6.45) is -0.0449. The minimum Gasteiger partial charge on any atom is -0.465 e. The second kappa shape index (κ2) is 3.52. The van der Waals surface area contributed by atoms with Gasteiger partial charge >= 0.3 is 6.09 Å². The molecular formula is C13H14N2O2. The van der Waals surface area contributed by atoms with Crippen molar-refractivity contribution in [1.29, 1.82) is 0 Å². The molecule has 4 nitrogen and oxygen atoms in total. The van der Waals surface area contributed by atoms with E-state index in [4.69, 9.17) is 5.11 Å². The van der Waals surface area contributed by atoms with Gasteiger partial charge in [0.05, 0.1) is 6.54 Å². The van der Waals surface area contributed by atoms with Crippen molar-refractivity contribution in [2.75, 3.05) is 6.54 Å². The Kier molecular flexibility index (Phi) is 2.11. The molecule has 0 bridgehead atoms. The molecule has 1 aromatic heterocycles. The summed E-state index contributed by atoms with van der Waals surface area (Å²) in [5.41, 5.74) is 4.67. The first kappa shape index (κ1) is 10.2. The van der Waals surface area contributed by atoms with Crippen LogP contribution in [0.1, 0.15) is 16.8 Å². The Balaban J connectivity index is 2.13. The van der Waals surface area contributed by atoms with E-state index in [9.17, 15) is 4.79 Å². The summed E-state index contributed by atoms with van der Waals surface area (Å²) in [6.45, 7) is 3.13. The van der Waals surface area contributed by atoms with Gasteiger partial charge in [-0.2, -0.15) is 0 Å². The molecule has 0 radical (unpaired) electrons. The number of carboxylic acid groups (broad SMARTS) is 1. The Morgan fingerprint density at radius 2 is 2.29 bits per heavy atom. The van der Waals surface area contributed by atoms with E-state index in [1.807, 2.05) is 0 Å². The first-order chi connectivity index (χ1) is 8.16. The molecule has 0 aliphatic carbocycles. The van der Waals surface area contributed by atoms with E-state index in [-0.39, 0.29) is 0 Å². The van der Waals surface area contributed by atoms with E-state index in [0.29, 0.717) is 13.1 Å². The van der Waals surface area contributed by atoms with Crippen LogP contribution in [-0.2, 0) is 13.0 Å². The van der Waals surface area contributed by atoms with Crippen LogP contribution in [0.2, 0.25) is 0 Å². The Morgan fingerprint density at radius 3 is 3.06 bits per heavy atom. The van der Waals surface area contributed by atoms with Crippen molar-refractivity contribution in [3.63, 3.8) is 0 Å². The predicted octanol–water partition coefficient (Wildman–Crippen LogP) is 2.51. The molecule has 1 aliphatic heterocycles. The highest BCUT2D eigenvalue weighted by atomic mass is 16.4. The third-order valence-electron chi connectivity index (χ3n) is 3.49. The highest BCUT2D eigenvalue weighted by molar-refractivity contribution is 5.87. The van der Waals surface area contributed by atoms with Crippen molar-refractivity contribution in [2.24, 2.45) is 0 Å². The third-order valence-corrected chi connectivity index (χ3v) is 3.49. The van der Waals surface area contributed by atoms with E-state index in [1.54, 1.807) is 0 Å². The van der Waals surface area contributed by atoms with Crippen LogP contribution < -0.4 is 0 Å². The fourth-order valence-corrected chi connectivity index (χ4v) is 2.57. The van der Waals surface area contributed by atoms with Crippen LogP contribution in [0.15, 0.2) is 18.2 Å². The highest BCUT2D eigenvalue weighted by Crippen LogP contribution is 2.29. The molecule has 3 rings (SSSR count). The fourth-order valence-electron chi connectivity index (χ4n) is 2.57. The van der Waals surface area contributed by atoms with Gasteiger partial charge in [-0.1, -0.05) is 18.2 Å². The Bertz CT molecular complexity index is 601. The molecule has 2 N–H and O–H groups in total. The van der Waals surface area contributed by atoms with Gasteiger partial charge in [0.25, 0.3) is 0 Å². The molecule has 4 heteroatoms. The molecule has 88 valence electrons. The topological polar surface area (TPSA) is 56.3 Å². The number of H-pyrrole nitrogens is 1. The lowest BCUT2D eigenvalue weighted by molar-refractivity contribution is 0.139. The Morgan fingerprint density at radius 1 is 1.47 bits per heavy atom. The molecule has 2 aromatic rings. The largest absolute Gasteiger partial charge is 0.465 e. The van der Waals surface area contributed by atoms with Crippen molar-refractivity contribution < 1.29 is 9.90 Å². The van der Waals surface area contributed by atoms with E-state index in [1.165, 1.54) is 21.4 Å². The molecule has 1 amide bonds. The van der Waals surface area contributed by atoms with Crippen LogP contribution in [0.4, 0.5) is 4.79 Å². The number of carbonyl (C=O) groups is 1. The molecule has 1 aliphatic rings.